The van der Waals surface area contributed by atoms with Gasteiger partial charge in [0.25, 0.3) is 0 Å². The van der Waals surface area contributed by atoms with E-state index >= 15 is 0 Å². The van der Waals surface area contributed by atoms with Crippen LogP contribution in [0.3, 0.4) is 0 Å². The summed E-state index contributed by atoms with van der Waals surface area (Å²) in [7, 11) is 0. The van der Waals surface area contributed by atoms with Gasteiger partial charge in [0, 0.05) is 36.9 Å². The smallest absolute Gasteiger partial charge is 0.137 e. The zero-order chi connectivity index (χ0) is 16.2. The average Bonchev–Trinajstić information content (AvgIpc) is 2.93. The molecule has 1 aromatic rings. The fourth-order valence-corrected chi connectivity index (χ4v) is 5.27. The fourth-order valence-electron chi connectivity index (χ4n) is 5.27. The van der Waals surface area contributed by atoms with Crippen LogP contribution in [-0.2, 0) is 11.3 Å². The number of nitrogens with zero attached hydrogens (tertiary/aromatic N) is 1. The topological polar surface area (TPSA) is 20.3 Å². The molecule has 0 amide bonds. The molecule has 1 saturated heterocycles. The number of hydrogen-bond donors (Lipinski definition) is 0. The Morgan fingerprint density at radius 2 is 1.96 bits per heavy atom. The first-order valence-electron chi connectivity index (χ1n) is 9.01. The third kappa shape index (κ3) is 2.22. The van der Waals surface area contributed by atoms with E-state index < -0.39 is 0 Å². The summed E-state index contributed by atoms with van der Waals surface area (Å²) in [4.78, 5) is 15.2. The molecule has 3 aliphatic rings. The van der Waals surface area contributed by atoms with Crippen LogP contribution in [0.4, 0.5) is 0 Å². The van der Waals surface area contributed by atoms with Gasteiger partial charge in [-0.05, 0) is 23.8 Å². The first kappa shape index (κ1) is 15.1. The van der Waals surface area contributed by atoms with Crippen molar-refractivity contribution in [1.82, 2.24) is 4.90 Å². The normalized spacial score (nSPS) is 36.4. The van der Waals surface area contributed by atoms with Gasteiger partial charge in [0.05, 0.1) is 0 Å². The second-order valence-corrected chi connectivity index (χ2v) is 8.25. The van der Waals surface area contributed by atoms with Crippen molar-refractivity contribution in [1.29, 1.82) is 0 Å². The van der Waals surface area contributed by atoms with Crippen molar-refractivity contribution in [3.8, 4) is 0 Å². The molecule has 0 bridgehead atoms. The number of rotatable bonds is 3. The van der Waals surface area contributed by atoms with Crippen molar-refractivity contribution < 1.29 is 4.79 Å². The number of hydrogen-bond acceptors (Lipinski definition) is 2. The standard InChI is InChI=1S/C21H27NO/c1-14(2)16-9-18-19(23)11-17-13-22(20(10-16)21(17,18)3)12-15-7-5-4-6-8-15/h4-8,10,14,17-18,20H,9,11-13H2,1-3H3/t17-,18-,20-,21-/m1/s1. The molecule has 2 aliphatic carbocycles. The molecule has 0 spiro atoms. The highest BCUT2D eigenvalue weighted by Gasteiger charge is 2.62. The van der Waals surface area contributed by atoms with E-state index in [4.69, 9.17) is 0 Å². The summed E-state index contributed by atoms with van der Waals surface area (Å²) in [5.41, 5.74) is 3.03. The van der Waals surface area contributed by atoms with Gasteiger partial charge in [0.1, 0.15) is 5.78 Å². The Kier molecular flexibility index (Phi) is 3.49. The molecular weight excluding hydrogens is 282 g/mol. The minimum absolute atomic E-state index is 0.157. The molecule has 0 radical (unpaired) electrons. The highest BCUT2D eigenvalue weighted by molar-refractivity contribution is 5.86. The van der Waals surface area contributed by atoms with Crippen LogP contribution in [0.1, 0.15) is 39.2 Å². The largest absolute Gasteiger partial charge is 0.299 e. The SMILES string of the molecule is CC(C)C1=C[C@H]2N(Cc3ccccc3)C[C@H]3CC(=O)[C@@H](C1)[C@@]32C. The molecule has 1 saturated carbocycles. The van der Waals surface area contributed by atoms with E-state index in [1.807, 2.05) is 0 Å². The Labute approximate surface area is 139 Å². The summed E-state index contributed by atoms with van der Waals surface area (Å²) in [6.07, 6.45) is 4.31. The van der Waals surface area contributed by atoms with E-state index in [1.165, 1.54) is 11.1 Å². The molecule has 4 rings (SSSR count). The van der Waals surface area contributed by atoms with E-state index in [2.05, 4.69) is 62.1 Å². The third-order valence-electron chi connectivity index (χ3n) is 6.73. The monoisotopic (exact) mass is 309 g/mol. The van der Waals surface area contributed by atoms with Crippen molar-refractivity contribution in [3.63, 3.8) is 0 Å². The molecule has 0 N–H and O–H groups in total. The highest BCUT2D eigenvalue weighted by atomic mass is 16.1. The Balaban J connectivity index is 1.69. The van der Waals surface area contributed by atoms with Crippen LogP contribution in [-0.4, -0.2) is 23.3 Å². The number of allylic oxidation sites excluding steroid dienone is 1. The van der Waals surface area contributed by atoms with Crippen LogP contribution in [0.5, 0.6) is 0 Å². The summed E-state index contributed by atoms with van der Waals surface area (Å²) in [6.45, 7) is 8.99. The molecule has 2 fully saturated rings. The predicted molar refractivity (Wildman–Crippen MR) is 92.9 cm³/mol. The van der Waals surface area contributed by atoms with Crippen molar-refractivity contribution in [3.05, 3.63) is 47.5 Å². The van der Waals surface area contributed by atoms with Gasteiger partial charge in [0.15, 0.2) is 0 Å². The minimum atomic E-state index is 0.157. The lowest BCUT2D eigenvalue weighted by molar-refractivity contribution is -0.123. The molecule has 0 unspecified atom stereocenters. The first-order chi connectivity index (χ1) is 11.0. The number of carbonyl (C=O) groups excluding carboxylic acids is 1. The molecule has 23 heavy (non-hydrogen) atoms. The van der Waals surface area contributed by atoms with Gasteiger partial charge >= 0.3 is 0 Å². The van der Waals surface area contributed by atoms with Crippen molar-refractivity contribution in [2.45, 2.75) is 46.2 Å². The summed E-state index contributed by atoms with van der Waals surface area (Å²) in [5, 5.41) is 0. The lowest BCUT2D eigenvalue weighted by Gasteiger charge is -2.42. The number of Topliss-reactive ketones (excluding diaryl/α,β-unsaturated/α-hetero) is 1. The quantitative estimate of drug-likeness (QED) is 0.785. The Hall–Kier alpha value is -1.41. The Morgan fingerprint density at radius 1 is 1.22 bits per heavy atom. The van der Waals surface area contributed by atoms with Crippen molar-refractivity contribution in [2.24, 2.45) is 23.2 Å². The molecule has 1 heterocycles. The third-order valence-corrected chi connectivity index (χ3v) is 6.73. The van der Waals surface area contributed by atoms with E-state index in [9.17, 15) is 4.79 Å². The van der Waals surface area contributed by atoms with E-state index in [1.54, 1.807) is 0 Å². The number of likely N-dealkylation sites (tertiary alicyclic amines) is 1. The Bertz CT molecular complexity index is 647. The molecular formula is C21H27NO. The number of ketones is 1. The van der Waals surface area contributed by atoms with Crippen LogP contribution in [0.25, 0.3) is 0 Å². The van der Waals surface area contributed by atoms with E-state index in [0.717, 1.165) is 25.9 Å². The molecule has 2 nitrogen and oxygen atoms in total. The van der Waals surface area contributed by atoms with Crippen LogP contribution in [0.2, 0.25) is 0 Å². The van der Waals surface area contributed by atoms with Gasteiger partial charge in [-0.3, -0.25) is 9.69 Å². The summed E-state index contributed by atoms with van der Waals surface area (Å²) in [5.74, 6) is 1.86. The van der Waals surface area contributed by atoms with Gasteiger partial charge in [-0.1, -0.05) is 62.8 Å². The minimum Gasteiger partial charge on any atom is -0.299 e. The van der Waals surface area contributed by atoms with Gasteiger partial charge < -0.3 is 0 Å². The van der Waals surface area contributed by atoms with Crippen LogP contribution in [0.15, 0.2) is 42.0 Å². The van der Waals surface area contributed by atoms with Crippen LogP contribution < -0.4 is 0 Å². The molecule has 2 heteroatoms. The maximum Gasteiger partial charge on any atom is 0.137 e. The summed E-state index contributed by atoms with van der Waals surface area (Å²) >= 11 is 0. The average molecular weight is 309 g/mol. The molecule has 1 aliphatic heterocycles. The van der Waals surface area contributed by atoms with E-state index in [0.29, 0.717) is 23.7 Å². The van der Waals surface area contributed by atoms with Crippen molar-refractivity contribution in [2.75, 3.05) is 6.54 Å². The van der Waals surface area contributed by atoms with Gasteiger partial charge in [-0.2, -0.15) is 0 Å². The lowest BCUT2D eigenvalue weighted by Crippen LogP contribution is -2.45. The summed E-state index contributed by atoms with van der Waals surface area (Å²) in [6, 6.07) is 11.2. The Morgan fingerprint density at radius 3 is 2.65 bits per heavy atom. The number of carbonyl (C=O) groups is 1. The van der Waals surface area contributed by atoms with Gasteiger partial charge in [-0.15, -0.1) is 0 Å². The second kappa shape index (κ2) is 5.31. The fraction of sp³-hybridized carbons (Fsp3) is 0.571. The summed E-state index contributed by atoms with van der Waals surface area (Å²) < 4.78 is 0. The maximum absolute atomic E-state index is 12.6. The van der Waals surface area contributed by atoms with Crippen molar-refractivity contribution >= 4 is 5.78 Å². The second-order valence-electron chi connectivity index (χ2n) is 8.25. The van der Waals surface area contributed by atoms with Crippen LogP contribution >= 0.6 is 0 Å². The van der Waals surface area contributed by atoms with Gasteiger partial charge in [0.2, 0.25) is 0 Å². The zero-order valence-electron chi connectivity index (χ0n) is 14.5. The lowest BCUT2D eigenvalue weighted by atomic mass is 9.64. The first-order valence-corrected chi connectivity index (χ1v) is 9.01. The van der Waals surface area contributed by atoms with Crippen LogP contribution in [0, 0.1) is 23.2 Å². The molecule has 0 aromatic heterocycles. The zero-order valence-corrected chi connectivity index (χ0v) is 14.5. The highest BCUT2D eigenvalue weighted by Crippen LogP contribution is 2.59. The number of benzene rings is 1. The molecule has 1 aromatic carbocycles. The maximum atomic E-state index is 12.6. The van der Waals surface area contributed by atoms with E-state index in [-0.39, 0.29) is 11.3 Å². The molecule has 4 atom stereocenters. The predicted octanol–water partition coefficient (Wildman–Crippen LogP) is 4.07. The van der Waals surface area contributed by atoms with Gasteiger partial charge in [-0.25, -0.2) is 0 Å². The molecule has 122 valence electrons.